The molecule has 7 N–H and O–H groups in total. The molecule has 0 radical (unpaired) electrons. The fraction of sp³-hybridized carbons (Fsp3) is 0.429. The summed E-state index contributed by atoms with van der Waals surface area (Å²) < 4.78 is 1.92. The van der Waals surface area contributed by atoms with Crippen molar-refractivity contribution < 1.29 is 53.7 Å². The maximum atomic E-state index is 13.5. The van der Waals surface area contributed by atoms with Crippen LogP contribution in [-0.4, -0.2) is 125 Å². The standard InChI is InChI=1S/C35H40N8O11S2/c1-4-41-13-19(26(45)18-7-8-21(44)27(46)25(18)41)28(47)37-9-12-43(10-5-6-11-43)14-17-15-55-31-23(30(49)42(31)24(17)32(50)51)39-29(48)22(20-16-56-34(36)38-20)40-54-35(2,3)33(52)53/h7-8,13,16,23,31H,4-6,9-12,14-15H2,1-3H3,(H7-,36,37,38,39,40,44,45,46,47,48,50,51,52,53)/t23-,31-/m1/s1. The van der Waals surface area contributed by atoms with Crippen molar-refractivity contribution in [2.45, 2.75) is 57.2 Å². The van der Waals surface area contributed by atoms with E-state index in [0.717, 1.165) is 29.1 Å². The number of carboxylic acids is 2. The number of carbonyl (C=O) groups excluding carboxylic acids is 4. The van der Waals surface area contributed by atoms with Crippen LogP contribution in [0.2, 0.25) is 0 Å². The molecule has 0 saturated carbocycles. The number of aryl methyl sites for hydroxylation is 1. The summed E-state index contributed by atoms with van der Waals surface area (Å²) in [6.45, 7) is 6.65. The zero-order valence-corrected chi connectivity index (χ0v) is 32.2. The predicted octanol–water partition coefficient (Wildman–Crippen LogP) is -0.500. The summed E-state index contributed by atoms with van der Waals surface area (Å²) >= 11 is 2.25. The van der Waals surface area contributed by atoms with Crippen molar-refractivity contribution in [1.29, 1.82) is 0 Å². The molecule has 3 aliphatic rings. The molecule has 0 spiro atoms. The maximum Gasteiger partial charge on any atom is 0.350 e. The number of amides is 3. The van der Waals surface area contributed by atoms with E-state index in [4.69, 9.17) is 10.6 Å². The number of phenolic OH excluding ortho intramolecular Hbond substituents is 2. The van der Waals surface area contributed by atoms with Gasteiger partial charge in [-0.25, -0.2) is 9.78 Å². The van der Waals surface area contributed by atoms with Gasteiger partial charge in [-0.2, -0.15) is 0 Å². The number of nitrogens with one attached hydrogen (secondary N) is 2. The first-order chi connectivity index (χ1) is 26.5. The van der Waals surface area contributed by atoms with Crippen molar-refractivity contribution in [1.82, 2.24) is 25.1 Å². The Hall–Kier alpha value is -5.67. The molecule has 0 aliphatic carbocycles. The molecule has 0 unspecified atom stereocenters. The van der Waals surface area contributed by atoms with Crippen LogP contribution in [0.3, 0.4) is 0 Å². The molecule has 6 rings (SSSR count). The minimum Gasteiger partial charge on any atom is -0.543 e. The average Bonchev–Trinajstić information content (AvgIpc) is 3.80. The highest BCUT2D eigenvalue weighted by molar-refractivity contribution is 8.00. The molecule has 2 fully saturated rings. The van der Waals surface area contributed by atoms with Gasteiger partial charge in [0.15, 0.2) is 22.3 Å². The Morgan fingerprint density at radius 1 is 1.18 bits per heavy atom. The average molecular weight is 813 g/mol. The second-order valence-corrected chi connectivity index (χ2v) is 16.1. The van der Waals surface area contributed by atoms with Crippen molar-refractivity contribution >= 4 is 74.5 Å². The lowest BCUT2D eigenvalue weighted by Crippen LogP contribution is -2.72. The summed E-state index contributed by atoms with van der Waals surface area (Å²) in [5, 5.41) is 52.3. The number of oxime groups is 1. The van der Waals surface area contributed by atoms with E-state index in [9.17, 15) is 49.2 Å². The minimum atomic E-state index is -1.81. The number of carbonyl (C=O) groups is 5. The number of carboxylic acid groups (broad SMARTS) is 2. The predicted molar refractivity (Wildman–Crippen MR) is 201 cm³/mol. The lowest BCUT2D eigenvalue weighted by atomic mass is 10.0. The monoisotopic (exact) mass is 812 g/mol. The van der Waals surface area contributed by atoms with E-state index in [-0.39, 0.29) is 51.8 Å². The van der Waals surface area contributed by atoms with E-state index in [0.29, 0.717) is 36.2 Å². The van der Waals surface area contributed by atoms with Crippen molar-refractivity contribution in [3.8, 4) is 11.5 Å². The molecule has 3 aromatic rings. The first-order valence-electron chi connectivity index (χ1n) is 17.6. The van der Waals surface area contributed by atoms with Gasteiger partial charge in [-0.05, 0) is 32.9 Å². The molecule has 2 saturated heterocycles. The largest absolute Gasteiger partial charge is 0.543 e. The highest BCUT2D eigenvalue weighted by atomic mass is 32.2. The third-order valence-corrected chi connectivity index (χ3v) is 12.1. The fourth-order valence-corrected chi connectivity index (χ4v) is 8.94. The third kappa shape index (κ3) is 7.48. The molecule has 3 aliphatic heterocycles. The van der Waals surface area contributed by atoms with Crippen LogP contribution >= 0.6 is 23.1 Å². The molecule has 0 bridgehead atoms. The number of quaternary nitrogens is 1. The Balaban J connectivity index is 1.16. The Morgan fingerprint density at radius 3 is 2.52 bits per heavy atom. The van der Waals surface area contributed by atoms with E-state index in [1.807, 2.05) is 0 Å². The molecule has 5 heterocycles. The molecule has 56 heavy (non-hydrogen) atoms. The summed E-state index contributed by atoms with van der Waals surface area (Å²) in [6, 6.07) is 1.37. The molecule has 2 atom stereocenters. The summed E-state index contributed by atoms with van der Waals surface area (Å²) in [6.07, 6.45) is 3.03. The summed E-state index contributed by atoms with van der Waals surface area (Å²) in [5.41, 5.74) is 3.02. The van der Waals surface area contributed by atoms with E-state index >= 15 is 0 Å². The van der Waals surface area contributed by atoms with Crippen molar-refractivity contribution in [3.05, 3.63) is 56.5 Å². The summed E-state index contributed by atoms with van der Waals surface area (Å²) in [7, 11) is 0. The number of aromatic nitrogens is 2. The van der Waals surface area contributed by atoms with Gasteiger partial charge in [0.05, 0.1) is 48.7 Å². The highest BCUT2D eigenvalue weighted by Crippen LogP contribution is 2.41. The lowest BCUT2D eigenvalue weighted by Gasteiger charge is -2.51. The molecule has 19 nitrogen and oxygen atoms in total. The number of likely N-dealkylation sites (tertiary alicyclic amines) is 1. The fourth-order valence-electron chi connectivity index (χ4n) is 7.05. The van der Waals surface area contributed by atoms with E-state index < -0.39 is 69.3 Å². The van der Waals surface area contributed by atoms with Crippen LogP contribution in [0.1, 0.15) is 49.7 Å². The molecular weight excluding hydrogens is 773 g/mol. The van der Waals surface area contributed by atoms with Crippen molar-refractivity contribution in [2.75, 3.05) is 44.2 Å². The molecule has 21 heteroatoms. The molecule has 3 amide bonds. The van der Waals surface area contributed by atoms with Crippen LogP contribution in [0.4, 0.5) is 5.13 Å². The molecular formula is C35H40N8O11S2. The Bertz CT molecular complexity index is 2260. The summed E-state index contributed by atoms with van der Waals surface area (Å²) in [4.78, 5) is 88.0. The number of rotatable bonds is 14. The van der Waals surface area contributed by atoms with E-state index in [2.05, 4.69) is 20.8 Å². The number of phenols is 2. The van der Waals surface area contributed by atoms with Crippen LogP contribution in [0.5, 0.6) is 11.5 Å². The quantitative estimate of drug-likeness (QED) is 0.0394. The van der Waals surface area contributed by atoms with Crippen LogP contribution in [0.25, 0.3) is 10.9 Å². The maximum absolute atomic E-state index is 13.5. The number of thiazole rings is 1. The first-order valence-corrected chi connectivity index (χ1v) is 19.5. The van der Waals surface area contributed by atoms with E-state index in [1.165, 1.54) is 53.9 Å². The first kappa shape index (κ1) is 40.0. The third-order valence-electron chi connectivity index (χ3n) is 10.1. The normalized spacial score (nSPS) is 19.4. The minimum absolute atomic E-state index is 0.0173. The number of aliphatic carboxylic acids is 2. The van der Waals surface area contributed by atoms with Gasteiger partial charge in [0.1, 0.15) is 29.2 Å². The number of anilines is 1. The van der Waals surface area contributed by atoms with E-state index in [1.54, 1.807) is 6.92 Å². The number of fused-ring (bicyclic) bond motifs is 2. The zero-order valence-electron chi connectivity index (χ0n) is 30.6. The van der Waals surface area contributed by atoms with Crippen LogP contribution < -0.4 is 26.9 Å². The van der Waals surface area contributed by atoms with Crippen LogP contribution in [0.15, 0.2) is 44.9 Å². The highest BCUT2D eigenvalue weighted by Gasteiger charge is 2.54. The van der Waals surface area contributed by atoms with Gasteiger partial charge in [-0.3, -0.25) is 24.1 Å². The number of nitrogen functional groups attached to an aromatic ring is 1. The number of hydrogen-bond acceptors (Lipinski definition) is 15. The van der Waals surface area contributed by atoms with Gasteiger partial charge in [-0.15, -0.1) is 23.1 Å². The molecule has 2 aromatic heterocycles. The number of β-lactam (4-membered cyclic amide) rings is 1. The van der Waals surface area contributed by atoms with Gasteiger partial charge in [0.2, 0.25) is 11.0 Å². The van der Waals surface area contributed by atoms with Gasteiger partial charge in [0.25, 0.3) is 17.7 Å². The lowest BCUT2D eigenvalue weighted by molar-refractivity contribution is -0.911. The van der Waals surface area contributed by atoms with Crippen LogP contribution in [-0.2, 0) is 30.6 Å². The van der Waals surface area contributed by atoms with Crippen LogP contribution in [0, 0.1) is 0 Å². The van der Waals surface area contributed by atoms with Gasteiger partial charge < -0.3 is 55.5 Å². The Morgan fingerprint density at radius 2 is 1.89 bits per heavy atom. The summed E-state index contributed by atoms with van der Waals surface area (Å²) in [5.74, 6) is -5.81. The number of benzene rings is 1. The SMILES string of the molecule is CCn1cc(C(=O)NCC[N+]2(CC3=C(C(=O)[O-])N4C(=O)[C@@H](NC(=O)/C(=N\OC(C)(C)C(=O)O)c5csc(N)n5)[C@H]4SC3)CCCC2)c(=O)c2ccc(O)c(O)c21. The molecule has 298 valence electrons. The molecule has 1 aromatic carbocycles. The number of aromatic hydroxyl groups is 2. The second-order valence-electron chi connectivity index (χ2n) is 14.1. The van der Waals surface area contributed by atoms with Gasteiger partial charge in [0, 0.05) is 42.3 Å². The smallest absolute Gasteiger partial charge is 0.350 e. The topological polar surface area (TPSA) is 279 Å². The van der Waals surface area contributed by atoms with Crippen molar-refractivity contribution in [2.24, 2.45) is 5.16 Å². The number of thioether (sulfide) groups is 1. The number of nitrogens with two attached hydrogens (primary N) is 1. The Kier molecular flexibility index (Phi) is 11.0. The number of hydrogen-bond donors (Lipinski definition) is 6. The van der Waals surface area contributed by atoms with Gasteiger partial charge >= 0.3 is 5.97 Å². The Labute approximate surface area is 327 Å². The number of nitrogens with zero attached hydrogens (tertiary/aromatic N) is 5. The zero-order chi connectivity index (χ0) is 40.7. The van der Waals surface area contributed by atoms with Gasteiger partial charge in [-0.1, -0.05) is 5.16 Å². The number of pyridine rings is 1. The second kappa shape index (κ2) is 15.5. The van der Waals surface area contributed by atoms with Crippen molar-refractivity contribution in [3.63, 3.8) is 0 Å².